The van der Waals surface area contributed by atoms with Crippen LogP contribution in [0, 0.1) is 0 Å². The molecule has 1 unspecified atom stereocenters. The number of hydrogen-bond donors (Lipinski definition) is 2. The number of nitrogens with two attached hydrogens (primary N) is 1. The van der Waals surface area contributed by atoms with Crippen LogP contribution in [0.25, 0.3) is 0 Å². The molecule has 5 heteroatoms. The highest BCUT2D eigenvalue weighted by atomic mass is 79.9. The van der Waals surface area contributed by atoms with E-state index in [0.29, 0.717) is 11.6 Å². The SMILES string of the molecule is CC1CCCCCN1c1ccc(/C(N)=N/O)c(Br)c1. The zero-order valence-electron chi connectivity index (χ0n) is 11.1. The number of amidine groups is 1. The molecule has 0 bridgehead atoms. The topological polar surface area (TPSA) is 61.8 Å². The average molecular weight is 326 g/mol. The van der Waals surface area contributed by atoms with Gasteiger partial charge in [-0.25, -0.2) is 0 Å². The maximum atomic E-state index is 8.74. The predicted molar refractivity (Wildman–Crippen MR) is 81.9 cm³/mol. The van der Waals surface area contributed by atoms with Gasteiger partial charge in [0.25, 0.3) is 0 Å². The van der Waals surface area contributed by atoms with Crippen LogP contribution in [0.3, 0.4) is 0 Å². The second-order valence-electron chi connectivity index (χ2n) is 5.04. The van der Waals surface area contributed by atoms with E-state index in [-0.39, 0.29) is 5.84 Å². The zero-order valence-corrected chi connectivity index (χ0v) is 12.7. The second-order valence-corrected chi connectivity index (χ2v) is 5.90. The fourth-order valence-electron chi connectivity index (χ4n) is 2.60. The Labute approximate surface area is 122 Å². The molecule has 4 nitrogen and oxygen atoms in total. The molecule has 104 valence electrons. The third-order valence-electron chi connectivity index (χ3n) is 3.72. The highest BCUT2D eigenvalue weighted by Crippen LogP contribution is 2.28. The number of nitrogens with zero attached hydrogens (tertiary/aromatic N) is 2. The molecule has 1 fully saturated rings. The summed E-state index contributed by atoms with van der Waals surface area (Å²) >= 11 is 3.50. The molecule has 1 aliphatic heterocycles. The summed E-state index contributed by atoms with van der Waals surface area (Å²) in [4.78, 5) is 2.44. The van der Waals surface area contributed by atoms with Crippen LogP contribution in [0.1, 0.15) is 38.2 Å². The van der Waals surface area contributed by atoms with E-state index in [1.54, 1.807) is 0 Å². The first-order valence-electron chi connectivity index (χ1n) is 6.67. The van der Waals surface area contributed by atoms with Crippen LogP contribution in [-0.2, 0) is 0 Å². The van der Waals surface area contributed by atoms with Crippen LogP contribution < -0.4 is 10.6 Å². The van der Waals surface area contributed by atoms with Gasteiger partial charge in [-0.05, 0) is 53.9 Å². The molecule has 0 saturated carbocycles. The minimum atomic E-state index is 0.127. The number of rotatable bonds is 2. The molecule has 1 atom stereocenters. The van der Waals surface area contributed by atoms with Gasteiger partial charge in [-0.3, -0.25) is 0 Å². The van der Waals surface area contributed by atoms with Gasteiger partial charge < -0.3 is 15.8 Å². The van der Waals surface area contributed by atoms with Crippen molar-refractivity contribution in [2.45, 2.75) is 38.6 Å². The second kappa shape index (κ2) is 6.28. The zero-order chi connectivity index (χ0) is 13.8. The molecular weight excluding hydrogens is 306 g/mol. The molecular formula is C14H20BrN3O. The highest BCUT2D eigenvalue weighted by Gasteiger charge is 2.18. The van der Waals surface area contributed by atoms with Crippen molar-refractivity contribution in [2.24, 2.45) is 10.9 Å². The largest absolute Gasteiger partial charge is 0.409 e. The lowest BCUT2D eigenvalue weighted by Gasteiger charge is -2.29. The van der Waals surface area contributed by atoms with Gasteiger partial charge in [-0.1, -0.05) is 18.0 Å². The molecule has 1 heterocycles. The Morgan fingerprint density at radius 2 is 2.21 bits per heavy atom. The number of anilines is 1. The number of benzene rings is 1. The molecule has 0 aliphatic carbocycles. The van der Waals surface area contributed by atoms with Gasteiger partial charge >= 0.3 is 0 Å². The van der Waals surface area contributed by atoms with E-state index in [9.17, 15) is 0 Å². The van der Waals surface area contributed by atoms with Gasteiger partial charge in [0.05, 0.1) is 0 Å². The Morgan fingerprint density at radius 3 is 2.89 bits per heavy atom. The fraction of sp³-hybridized carbons (Fsp3) is 0.500. The van der Waals surface area contributed by atoms with Gasteiger partial charge in [-0.15, -0.1) is 0 Å². The van der Waals surface area contributed by atoms with Crippen molar-refractivity contribution in [3.8, 4) is 0 Å². The average Bonchev–Trinajstić information content (AvgIpc) is 2.62. The molecule has 0 radical (unpaired) electrons. The Hall–Kier alpha value is -1.23. The first-order valence-corrected chi connectivity index (χ1v) is 7.47. The van der Waals surface area contributed by atoms with E-state index in [1.165, 1.54) is 31.4 Å². The van der Waals surface area contributed by atoms with E-state index in [4.69, 9.17) is 10.9 Å². The number of hydrogen-bond acceptors (Lipinski definition) is 3. The van der Waals surface area contributed by atoms with Crippen molar-refractivity contribution in [3.63, 3.8) is 0 Å². The first kappa shape index (κ1) is 14.2. The molecule has 2 rings (SSSR count). The van der Waals surface area contributed by atoms with Gasteiger partial charge in [0.2, 0.25) is 0 Å². The molecule has 1 aromatic rings. The quantitative estimate of drug-likeness (QED) is 0.379. The van der Waals surface area contributed by atoms with Crippen LogP contribution in [0.4, 0.5) is 5.69 Å². The van der Waals surface area contributed by atoms with Crippen LogP contribution in [0.2, 0.25) is 0 Å². The van der Waals surface area contributed by atoms with Crippen molar-refractivity contribution in [1.29, 1.82) is 0 Å². The smallest absolute Gasteiger partial charge is 0.171 e. The van der Waals surface area contributed by atoms with Gasteiger partial charge in [0, 0.05) is 28.3 Å². The lowest BCUT2D eigenvalue weighted by Crippen LogP contribution is -2.32. The highest BCUT2D eigenvalue weighted by molar-refractivity contribution is 9.10. The summed E-state index contributed by atoms with van der Waals surface area (Å²) < 4.78 is 0.858. The third kappa shape index (κ3) is 3.21. The van der Waals surface area contributed by atoms with Crippen LogP contribution in [0.5, 0.6) is 0 Å². The van der Waals surface area contributed by atoms with E-state index in [1.807, 2.05) is 12.1 Å². The van der Waals surface area contributed by atoms with E-state index in [2.05, 4.69) is 39.0 Å². The van der Waals surface area contributed by atoms with E-state index >= 15 is 0 Å². The summed E-state index contributed by atoms with van der Waals surface area (Å²) in [6.45, 7) is 3.37. The van der Waals surface area contributed by atoms with Crippen molar-refractivity contribution in [1.82, 2.24) is 0 Å². The number of halogens is 1. The summed E-state index contributed by atoms with van der Waals surface area (Å²) in [6.07, 6.45) is 5.09. The Bertz CT molecular complexity index is 476. The monoisotopic (exact) mass is 325 g/mol. The Morgan fingerprint density at radius 1 is 1.42 bits per heavy atom. The molecule has 1 aromatic carbocycles. The summed E-state index contributed by atoms with van der Waals surface area (Å²) in [7, 11) is 0. The van der Waals surface area contributed by atoms with E-state index < -0.39 is 0 Å². The van der Waals surface area contributed by atoms with Crippen LogP contribution in [-0.4, -0.2) is 23.6 Å². The number of oxime groups is 1. The van der Waals surface area contributed by atoms with Crippen molar-refractivity contribution in [2.75, 3.05) is 11.4 Å². The molecule has 3 N–H and O–H groups in total. The Kier molecular flexibility index (Phi) is 4.69. The summed E-state index contributed by atoms with van der Waals surface area (Å²) in [5, 5.41) is 11.8. The summed E-state index contributed by atoms with van der Waals surface area (Å²) in [5.74, 6) is 0.127. The summed E-state index contributed by atoms with van der Waals surface area (Å²) in [5.41, 5.74) is 7.54. The molecule has 1 aliphatic rings. The lowest BCUT2D eigenvalue weighted by atomic mass is 10.1. The fourth-order valence-corrected chi connectivity index (χ4v) is 3.17. The Balaban J connectivity index is 2.28. The van der Waals surface area contributed by atoms with Crippen LogP contribution >= 0.6 is 15.9 Å². The molecule has 0 amide bonds. The first-order chi connectivity index (χ1) is 9.13. The van der Waals surface area contributed by atoms with Crippen molar-refractivity contribution in [3.05, 3.63) is 28.2 Å². The summed E-state index contributed by atoms with van der Waals surface area (Å²) in [6, 6.07) is 6.55. The minimum absolute atomic E-state index is 0.127. The standard InChI is InChI=1S/C14H20BrN3O/c1-10-5-3-2-4-8-18(10)11-6-7-12(13(15)9-11)14(16)17-19/h6-7,9-10,19H,2-5,8H2,1H3,(H2,16,17). The molecule has 1 saturated heterocycles. The maximum Gasteiger partial charge on any atom is 0.171 e. The normalized spacial score (nSPS) is 21.3. The van der Waals surface area contributed by atoms with Crippen molar-refractivity contribution < 1.29 is 5.21 Å². The van der Waals surface area contributed by atoms with Crippen molar-refractivity contribution >= 4 is 27.5 Å². The predicted octanol–water partition coefficient (Wildman–Crippen LogP) is 3.31. The van der Waals surface area contributed by atoms with Crippen LogP contribution in [0.15, 0.2) is 27.8 Å². The van der Waals surface area contributed by atoms with Gasteiger partial charge in [0.15, 0.2) is 5.84 Å². The van der Waals surface area contributed by atoms with Gasteiger partial charge in [-0.2, -0.15) is 0 Å². The molecule has 19 heavy (non-hydrogen) atoms. The maximum absolute atomic E-state index is 8.74. The van der Waals surface area contributed by atoms with Gasteiger partial charge in [0.1, 0.15) is 0 Å². The molecule has 0 spiro atoms. The molecule has 0 aromatic heterocycles. The minimum Gasteiger partial charge on any atom is -0.409 e. The van der Waals surface area contributed by atoms with E-state index in [0.717, 1.165) is 11.0 Å². The third-order valence-corrected chi connectivity index (χ3v) is 4.38. The lowest BCUT2D eigenvalue weighted by molar-refractivity contribution is 0.318.